The van der Waals surface area contributed by atoms with E-state index in [-0.39, 0.29) is 16.8 Å². The van der Waals surface area contributed by atoms with Crippen LogP contribution in [0.1, 0.15) is 26.9 Å². The molecule has 0 radical (unpaired) electrons. The van der Waals surface area contributed by atoms with Crippen molar-refractivity contribution in [1.29, 1.82) is 0 Å². The molecule has 4 nitrogen and oxygen atoms in total. The van der Waals surface area contributed by atoms with Gasteiger partial charge >= 0.3 is 5.97 Å². The standard InChI is InChI=1S/C17H14ClNO3S/c18-14-7-1-11(2-8-14)9-19-15(20)10-23-16(19)12-3-5-13(6-4-12)17(21)22/h1-8,16H,9-10H2,(H,21,22)/t16-/m0/s1. The van der Waals surface area contributed by atoms with E-state index in [1.807, 2.05) is 17.0 Å². The van der Waals surface area contributed by atoms with Crippen molar-refractivity contribution in [1.82, 2.24) is 4.90 Å². The van der Waals surface area contributed by atoms with Crippen molar-refractivity contribution in [2.75, 3.05) is 5.75 Å². The van der Waals surface area contributed by atoms with Crippen LogP contribution in [0.2, 0.25) is 5.02 Å². The summed E-state index contributed by atoms with van der Waals surface area (Å²) in [5.41, 5.74) is 2.18. The van der Waals surface area contributed by atoms with Gasteiger partial charge < -0.3 is 10.0 Å². The molecule has 2 aromatic carbocycles. The van der Waals surface area contributed by atoms with Gasteiger partial charge in [-0.15, -0.1) is 11.8 Å². The smallest absolute Gasteiger partial charge is 0.335 e. The number of hydrogen-bond donors (Lipinski definition) is 1. The van der Waals surface area contributed by atoms with E-state index in [9.17, 15) is 9.59 Å². The highest BCUT2D eigenvalue weighted by molar-refractivity contribution is 8.00. The average molecular weight is 348 g/mol. The lowest BCUT2D eigenvalue weighted by atomic mass is 10.1. The largest absolute Gasteiger partial charge is 0.478 e. The van der Waals surface area contributed by atoms with E-state index >= 15 is 0 Å². The molecule has 0 saturated carbocycles. The molecule has 1 N–H and O–H groups in total. The summed E-state index contributed by atoms with van der Waals surface area (Å²) >= 11 is 7.44. The maximum atomic E-state index is 12.2. The van der Waals surface area contributed by atoms with Crippen molar-refractivity contribution >= 4 is 35.2 Å². The third-order valence-corrected chi connectivity index (χ3v) is 5.19. The second kappa shape index (κ2) is 6.64. The summed E-state index contributed by atoms with van der Waals surface area (Å²) in [6.45, 7) is 0.508. The number of carboxylic acid groups (broad SMARTS) is 1. The number of nitrogens with zero attached hydrogens (tertiary/aromatic N) is 1. The summed E-state index contributed by atoms with van der Waals surface area (Å²) < 4.78 is 0. The topological polar surface area (TPSA) is 57.6 Å². The van der Waals surface area contributed by atoms with Crippen LogP contribution in [0.4, 0.5) is 0 Å². The Morgan fingerprint density at radius 1 is 1.17 bits per heavy atom. The number of halogens is 1. The molecule has 118 valence electrons. The predicted octanol–water partition coefficient (Wildman–Crippen LogP) is 3.81. The molecule has 1 saturated heterocycles. The molecule has 0 unspecified atom stereocenters. The van der Waals surface area contributed by atoms with Crippen molar-refractivity contribution in [3.8, 4) is 0 Å². The fourth-order valence-corrected chi connectivity index (χ4v) is 3.79. The summed E-state index contributed by atoms with van der Waals surface area (Å²) in [6, 6.07) is 14.1. The minimum absolute atomic E-state index is 0.0808. The molecule has 6 heteroatoms. The number of thioether (sulfide) groups is 1. The third kappa shape index (κ3) is 3.51. The number of carboxylic acids is 1. The van der Waals surface area contributed by atoms with Crippen molar-refractivity contribution in [3.05, 3.63) is 70.2 Å². The van der Waals surface area contributed by atoms with E-state index in [0.717, 1.165) is 11.1 Å². The Morgan fingerprint density at radius 3 is 2.43 bits per heavy atom. The first-order valence-corrected chi connectivity index (χ1v) is 8.46. The number of aromatic carboxylic acids is 1. The van der Waals surface area contributed by atoms with Gasteiger partial charge in [0.1, 0.15) is 5.37 Å². The summed E-state index contributed by atoms with van der Waals surface area (Å²) in [5.74, 6) is -0.444. The maximum Gasteiger partial charge on any atom is 0.335 e. The highest BCUT2D eigenvalue weighted by Gasteiger charge is 2.32. The molecule has 0 aliphatic carbocycles. The molecule has 0 spiro atoms. The highest BCUT2D eigenvalue weighted by Crippen LogP contribution is 2.39. The Hall–Kier alpha value is -1.98. The lowest BCUT2D eigenvalue weighted by Crippen LogP contribution is -2.27. The van der Waals surface area contributed by atoms with Gasteiger partial charge in [0.05, 0.1) is 11.3 Å². The van der Waals surface area contributed by atoms with Crippen molar-refractivity contribution in [2.24, 2.45) is 0 Å². The number of rotatable bonds is 4. The molecule has 1 aliphatic rings. The first kappa shape index (κ1) is 15.9. The molecule has 2 aromatic rings. The lowest BCUT2D eigenvalue weighted by molar-refractivity contribution is -0.128. The number of amides is 1. The highest BCUT2D eigenvalue weighted by atomic mass is 35.5. The zero-order valence-electron chi connectivity index (χ0n) is 12.1. The summed E-state index contributed by atoms with van der Waals surface area (Å²) in [5, 5.41) is 9.54. The van der Waals surface area contributed by atoms with E-state index < -0.39 is 5.97 Å². The fraction of sp³-hybridized carbons (Fsp3) is 0.176. The van der Waals surface area contributed by atoms with Gasteiger partial charge in [-0.2, -0.15) is 0 Å². The Labute approximate surface area is 143 Å². The van der Waals surface area contributed by atoms with Gasteiger partial charge in [0, 0.05) is 11.6 Å². The zero-order valence-corrected chi connectivity index (χ0v) is 13.7. The van der Waals surface area contributed by atoms with Crippen molar-refractivity contribution in [3.63, 3.8) is 0 Å². The van der Waals surface area contributed by atoms with Crippen LogP contribution in [0.15, 0.2) is 48.5 Å². The minimum Gasteiger partial charge on any atom is -0.478 e. The van der Waals surface area contributed by atoms with Crippen LogP contribution >= 0.6 is 23.4 Å². The van der Waals surface area contributed by atoms with Gasteiger partial charge in [-0.25, -0.2) is 4.79 Å². The molecular formula is C17H14ClNO3S. The molecule has 1 atom stereocenters. The minimum atomic E-state index is -0.954. The maximum absolute atomic E-state index is 12.2. The van der Waals surface area contributed by atoms with E-state index in [2.05, 4.69) is 0 Å². The Balaban J connectivity index is 1.81. The Morgan fingerprint density at radius 2 is 1.83 bits per heavy atom. The van der Waals surface area contributed by atoms with Gasteiger partial charge in [-0.3, -0.25) is 4.79 Å². The van der Waals surface area contributed by atoms with Crippen molar-refractivity contribution in [2.45, 2.75) is 11.9 Å². The number of hydrogen-bond acceptors (Lipinski definition) is 3. The summed E-state index contributed by atoms with van der Waals surface area (Å²) in [4.78, 5) is 24.9. The molecule has 23 heavy (non-hydrogen) atoms. The molecule has 1 fully saturated rings. The first-order chi connectivity index (χ1) is 11.0. The van der Waals surface area contributed by atoms with Gasteiger partial charge in [-0.05, 0) is 35.4 Å². The van der Waals surface area contributed by atoms with Crippen LogP contribution < -0.4 is 0 Å². The Kier molecular flexibility index (Phi) is 4.59. The second-order valence-electron chi connectivity index (χ2n) is 5.24. The fourth-order valence-electron chi connectivity index (χ4n) is 2.48. The first-order valence-electron chi connectivity index (χ1n) is 7.03. The Bertz CT molecular complexity index is 731. The molecule has 3 rings (SSSR count). The number of benzene rings is 2. The number of carbonyl (C=O) groups excluding carboxylic acids is 1. The van der Waals surface area contributed by atoms with Crippen LogP contribution in [0, 0.1) is 0 Å². The SMILES string of the molecule is O=C(O)c1ccc([C@@H]2SCC(=O)N2Cc2ccc(Cl)cc2)cc1. The van der Waals surface area contributed by atoms with Crippen LogP contribution in [0.5, 0.6) is 0 Å². The van der Waals surface area contributed by atoms with Gasteiger partial charge in [0.25, 0.3) is 0 Å². The second-order valence-corrected chi connectivity index (χ2v) is 6.74. The van der Waals surface area contributed by atoms with Crippen LogP contribution in [-0.4, -0.2) is 27.6 Å². The predicted molar refractivity (Wildman–Crippen MR) is 90.6 cm³/mol. The summed E-state index contributed by atoms with van der Waals surface area (Å²) in [6.07, 6.45) is 0. The van der Waals surface area contributed by atoms with Gasteiger partial charge in [0.15, 0.2) is 0 Å². The third-order valence-electron chi connectivity index (χ3n) is 3.68. The number of carbonyl (C=O) groups is 2. The molecule has 0 bridgehead atoms. The van der Waals surface area contributed by atoms with E-state index in [1.165, 1.54) is 0 Å². The monoisotopic (exact) mass is 347 g/mol. The normalized spacial score (nSPS) is 17.5. The lowest BCUT2D eigenvalue weighted by Gasteiger charge is -2.24. The average Bonchev–Trinajstić information content (AvgIpc) is 2.91. The van der Waals surface area contributed by atoms with E-state index in [0.29, 0.717) is 17.3 Å². The molecule has 1 heterocycles. The molecule has 1 amide bonds. The molecule has 1 aliphatic heterocycles. The quantitative estimate of drug-likeness (QED) is 0.913. The van der Waals surface area contributed by atoms with Gasteiger partial charge in [0.2, 0.25) is 5.91 Å². The van der Waals surface area contributed by atoms with E-state index in [4.69, 9.17) is 16.7 Å². The van der Waals surface area contributed by atoms with E-state index in [1.54, 1.807) is 48.2 Å². The van der Waals surface area contributed by atoms with Gasteiger partial charge in [-0.1, -0.05) is 35.9 Å². The van der Waals surface area contributed by atoms with Crippen LogP contribution in [0.25, 0.3) is 0 Å². The molecular weight excluding hydrogens is 334 g/mol. The molecule has 0 aromatic heterocycles. The van der Waals surface area contributed by atoms with Crippen LogP contribution in [-0.2, 0) is 11.3 Å². The van der Waals surface area contributed by atoms with Crippen molar-refractivity contribution < 1.29 is 14.7 Å². The summed E-state index contributed by atoms with van der Waals surface area (Å²) in [7, 11) is 0. The van der Waals surface area contributed by atoms with Crippen LogP contribution in [0.3, 0.4) is 0 Å². The zero-order chi connectivity index (χ0) is 16.4.